The number of benzene rings is 2. The van der Waals surface area contributed by atoms with Crippen molar-refractivity contribution >= 4 is 0 Å². The predicted molar refractivity (Wildman–Crippen MR) is 97.5 cm³/mol. The minimum absolute atomic E-state index is 0.0926. The fourth-order valence-electron chi connectivity index (χ4n) is 2.39. The fourth-order valence-corrected chi connectivity index (χ4v) is 2.39. The van der Waals surface area contributed by atoms with Gasteiger partial charge in [-0.15, -0.1) is 0 Å². The molecule has 0 bridgehead atoms. The van der Waals surface area contributed by atoms with Crippen LogP contribution in [0.25, 0.3) is 22.8 Å². The Kier molecular flexibility index (Phi) is 5.23. The van der Waals surface area contributed by atoms with Gasteiger partial charge in [0.1, 0.15) is 17.8 Å². The minimum atomic E-state index is 0.0926. The number of unbranched alkanes of at least 4 members (excludes halogenated alkanes) is 1. The molecule has 0 amide bonds. The van der Waals surface area contributed by atoms with Gasteiger partial charge >= 0.3 is 0 Å². The smallest absolute Gasteiger partial charge is 0.167 e. The van der Waals surface area contributed by atoms with Crippen LogP contribution in [-0.2, 0) is 0 Å². The highest BCUT2D eigenvalue weighted by molar-refractivity contribution is 5.67. The lowest BCUT2D eigenvalue weighted by Gasteiger charge is -2.09. The van der Waals surface area contributed by atoms with Gasteiger partial charge in [0, 0.05) is 11.6 Å². The molecule has 3 rings (SSSR count). The highest BCUT2D eigenvalue weighted by Gasteiger charge is 2.11. The van der Waals surface area contributed by atoms with Crippen LogP contribution in [0.5, 0.6) is 11.5 Å². The molecule has 2 aromatic carbocycles. The second-order valence-electron chi connectivity index (χ2n) is 5.88. The number of hydrogen-bond donors (Lipinski definition) is 1. The third-order valence-electron chi connectivity index (χ3n) is 3.86. The largest absolute Gasteiger partial charge is 0.507 e. The summed E-state index contributed by atoms with van der Waals surface area (Å²) in [5.74, 6) is 1.74. The van der Waals surface area contributed by atoms with Crippen molar-refractivity contribution in [1.82, 2.24) is 15.0 Å². The average Bonchev–Trinajstić information content (AvgIpc) is 2.63. The summed E-state index contributed by atoms with van der Waals surface area (Å²) < 4.78 is 5.61. The summed E-state index contributed by atoms with van der Waals surface area (Å²) in [6.07, 6.45) is 3.51. The van der Waals surface area contributed by atoms with E-state index in [1.165, 1.54) is 11.9 Å². The Morgan fingerprint density at radius 3 is 2.48 bits per heavy atom. The molecule has 0 atom stereocenters. The van der Waals surface area contributed by atoms with Crippen LogP contribution in [0.4, 0.5) is 0 Å². The summed E-state index contributed by atoms with van der Waals surface area (Å²) in [5.41, 5.74) is 2.64. The normalized spacial score (nSPS) is 10.6. The zero-order chi connectivity index (χ0) is 17.6. The molecule has 0 aliphatic rings. The lowest BCUT2D eigenvalue weighted by Crippen LogP contribution is -1.98. The molecule has 0 aliphatic heterocycles. The molecule has 0 aliphatic carbocycles. The van der Waals surface area contributed by atoms with E-state index >= 15 is 0 Å². The minimum Gasteiger partial charge on any atom is -0.507 e. The van der Waals surface area contributed by atoms with E-state index in [-0.39, 0.29) is 5.75 Å². The number of ether oxygens (including phenoxy) is 1. The van der Waals surface area contributed by atoms with Crippen LogP contribution in [-0.4, -0.2) is 26.7 Å². The summed E-state index contributed by atoms with van der Waals surface area (Å²) in [6, 6.07) is 13.2. The SMILES string of the molecule is CCCCOc1ccc(-c2ncnc(-c3ccc(C)cc3)n2)c(O)c1. The van der Waals surface area contributed by atoms with E-state index in [4.69, 9.17) is 4.74 Å². The molecule has 3 aromatic rings. The number of aromatic hydroxyl groups is 1. The quantitative estimate of drug-likeness (QED) is 0.676. The Hall–Kier alpha value is -2.95. The van der Waals surface area contributed by atoms with Gasteiger partial charge in [0.2, 0.25) is 0 Å². The Labute approximate surface area is 147 Å². The zero-order valence-corrected chi connectivity index (χ0v) is 14.4. The molecule has 0 saturated carbocycles. The lowest BCUT2D eigenvalue weighted by molar-refractivity contribution is 0.307. The third kappa shape index (κ3) is 4.12. The molecule has 1 heterocycles. The zero-order valence-electron chi connectivity index (χ0n) is 14.4. The lowest BCUT2D eigenvalue weighted by atomic mass is 10.1. The van der Waals surface area contributed by atoms with Crippen molar-refractivity contribution in [2.24, 2.45) is 0 Å². The highest BCUT2D eigenvalue weighted by atomic mass is 16.5. The van der Waals surface area contributed by atoms with Crippen molar-refractivity contribution < 1.29 is 9.84 Å². The molecular formula is C20H21N3O2. The summed E-state index contributed by atoms with van der Waals surface area (Å²) >= 11 is 0. The van der Waals surface area contributed by atoms with Crippen LogP contribution in [0.3, 0.4) is 0 Å². The van der Waals surface area contributed by atoms with E-state index in [1.807, 2.05) is 37.3 Å². The van der Waals surface area contributed by atoms with Gasteiger partial charge in [-0.3, -0.25) is 0 Å². The standard InChI is InChI=1S/C20H21N3O2/c1-3-4-11-25-16-9-10-17(18(24)12-16)20-22-13-21-19(23-20)15-7-5-14(2)6-8-15/h5-10,12-13,24H,3-4,11H2,1-2H3. The van der Waals surface area contributed by atoms with Gasteiger partial charge in [-0.25, -0.2) is 15.0 Å². The van der Waals surface area contributed by atoms with Crippen LogP contribution in [0.1, 0.15) is 25.3 Å². The van der Waals surface area contributed by atoms with Gasteiger partial charge in [-0.05, 0) is 25.5 Å². The summed E-state index contributed by atoms with van der Waals surface area (Å²) in [5, 5.41) is 10.3. The molecule has 0 saturated heterocycles. The van der Waals surface area contributed by atoms with Crippen LogP contribution in [0.2, 0.25) is 0 Å². The number of rotatable bonds is 6. The maximum atomic E-state index is 10.3. The Morgan fingerprint density at radius 2 is 1.76 bits per heavy atom. The molecule has 0 unspecified atom stereocenters. The molecule has 1 N–H and O–H groups in total. The van der Waals surface area contributed by atoms with Crippen molar-refractivity contribution in [3.05, 3.63) is 54.4 Å². The third-order valence-corrected chi connectivity index (χ3v) is 3.86. The second kappa shape index (κ2) is 7.75. The Balaban J connectivity index is 1.86. The van der Waals surface area contributed by atoms with Crippen molar-refractivity contribution in [2.45, 2.75) is 26.7 Å². The van der Waals surface area contributed by atoms with E-state index in [0.717, 1.165) is 18.4 Å². The maximum absolute atomic E-state index is 10.3. The van der Waals surface area contributed by atoms with Gasteiger partial charge in [-0.2, -0.15) is 0 Å². The fraction of sp³-hybridized carbons (Fsp3) is 0.250. The van der Waals surface area contributed by atoms with Crippen molar-refractivity contribution in [3.63, 3.8) is 0 Å². The van der Waals surface area contributed by atoms with E-state index in [2.05, 4.69) is 21.9 Å². The van der Waals surface area contributed by atoms with Crippen molar-refractivity contribution in [1.29, 1.82) is 0 Å². The van der Waals surface area contributed by atoms with Crippen LogP contribution >= 0.6 is 0 Å². The summed E-state index contributed by atoms with van der Waals surface area (Å²) in [4.78, 5) is 12.9. The van der Waals surface area contributed by atoms with Gasteiger partial charge in [0.15, 0.2) is 11.6 Å². The molecule has 1 aromatic heterocycles. The first-order chi connectivity index (χ1) is 12.2. The van der Waals surface area contributed by atoms with E-state index in [0.29, 0.717) is 29.6 Å². The average molecular weight is 335 g/mol. The first kappa shape index (κ1) is 16.9. The van der Waals surface area contributed by atoms with Crippen molar-refractivity contribution in [3.8, 4) is 34.3 Å². The Bertz CT molecular complexity index is 848. The van der Waals surface area contributed by atoms with Crippen LogP contribution in [0, 0.1) is 6.92 Å². The first-order valence-electron chi connectivity index (χ1n) is 8.39. The number of aromatic nitrogens is 3. The molecular weight excluding hydrogens is 314 g/mol. The second-order valence-corrected chi connectivity index (χ2v) is 5.88. The monoisotopic (exact) mass is 335 g/mol. The van der Waals surface area contributed by atoms with Crippen LogP contribution in [0.15, 0.2) is 48.8 Å². The van der Waals surface area contributed by atoms with E-state index in [9.17, 15) is 5.11 Å². The Morgan fingerprint density at radius 1 is 1.00 bits per heavy atom. The van der Waals surface area contributed by atoms with Crippen molar-refractivity contribution in [2.75, 3.05) is 6.61 Å². The van der Waals surface area contributed by atoms with Crippen LogP contribution < -0.4 is 4.74 Å². The molecule has 0 radical (unpaired) electrons. The topological polar surface area (TPSA) is 68.1 Å². The summed E-state index contributed by atoms with van der Waals surface area (Å²) in [7, 11) is 0. The summed E-state index contributed by atoms with van der Waals surface area (Å²) in [6.45, 7) is 4.78. The number of hydrogen-bond acceptors (Lipinski definition) is 5. The number of phenols is 1. The predicted octanol–water partition coefficient (Wildman–Crippen LogP) is 4.40. The first-order valence-corrected chi connectivity index (χ1v) is 8.39. The van der Waals surface area contributed by atoms with E-state index < -0.39 is 0 Å². The molecule has 0 spiro atoms. The number of phenolic OH excluding ortho intramolecular Hbond substituents is 1. The van der Waals surface area contributed by atoms with E-state index in [1.54, 1.807) is 12.1 Å². The molecule has 5 nitrogen and oxygen atoms in total. The molecule has 128 valence electrons. The van der Waals surface area contributed by atoms with Gasteiger partial charge < -0.3 is 9.84 Å². The number of aryl methyl sites for hydroxylation is 1. The number of nitrogens with zero attached hydrogens (tertiary/aromatic N) is 3. The highest BCUT2D eigenvalue weighted by Crippen LogP contribution is 2.31. The molecule has 0 fully saturated rings. The molecule has 25 heavy (non-hydrogen) atoms. The van der Waals surface area contributed by atoms with Gasteiger partial charge in [0.25, 0.3) is 0 Å². The maximum Gasteiger partial charge on any atom is 0.167 e. The van der Waals surface area contributed by atoms with Gasteiger partial charge in [-0.1, -0.05) is 43.2 Å². The molecule has 5 heteroatoms. The van der Waals surface area contributed by atoms with Gasteiger partial charge in [0.05, 0.1) is 12.2 Å².